The van der Waals surface area contributed by atoms with Crippen LogP contribution in [0.5, 0.6) is 0 Å². The van der Waals surface area contributed by atoms with Gasteiger partial charge < -0.3 is 10.2 Å². The highest BCUT2D eigenvalue weighted by Gasteiger charge is 2.07. The van der Waals surface area contributed by atoms with Gasteiger partial charge in [0.1, 0.15) is 0 Å². The molecule has 0 rings (SSSR count). The Bertz CT molecular complexity index is 75.6. The fraction of sp³-hybridized carbons (Fsp3) is 1.00. The average Bonchev–Trinajstić information content (AvgIpc) is 1.59. The molecule has 0 aromatic heterocycles. The van der Waals surface area contributed by atoms with Crippen molar-refractivity contribution in [1.29, 1.82) is 0 Å². The second-order valence-electron chi connectivity index (χ2n) is 3.32. The van der Waals surface area contributed by atoms with Gasteiger partial charge in [0.25, 0.3) is 0 Å². The molecule has 1 unspecified atom stereocenters. The van der Waals surface area contributed by atoms with E-state index in [1.807, 2.05) is 0 Å². The molecule has 0 saturated heterocycles. The molecule has 1 atom stereocenters. The largest absolute Gasteiger partial charge is 0.331 e. The molecule has 0 saturated carbocycles. The summed E-state index contributed by atoms with van der Waals surface area (Å²) in [6, 6.07) is 0. The van der Waals surface area contributed by atoms with Crippen molar-refractivity contribution < 1.29 is 4.48 Å². The van der Waals surface area contributed by atoms with E-state index in [4.69, 9.17) is 5.73 Å². The molecular weight excluding hydrogens is 180 g/mol. The fourth-order valence-corrected chi connectivity index (χ4v) is 0.715. The Labute approximate surface area is 65.7 Å². The van der Waals surface area contributed by atoms with Crippen LogP contribution in [0, 0.1) is 0 Å². The number of hydrogen-bond donors (Lipinski definition) is 1. The summed E-state index contributed by atoms with van der Waals surface area (Å²) in [5.41, 5.74) is 5.51. The Balaban J connectivity index is 3.28. The highest BCUT2D eigenvalue weighted by atomic mass is 79.9. The van der Waals surface area contributed by atoms with Crippen molar-refractivity contribution in [1.82, 2.24) is 0 Å². The lowest BCUT2D eigenvalue weighted by atomic mass is 10.4. The normalized spacial score (nSPS) is 15.7. The molecule has 2 N–H and O–H groups in total. The minimum atomic E-state index is 0.162. The van der Waals surface area contributed by atoms with E-state index in [0.717, 1.165) is 17.4 Å². The lowest BCUT2D eigenvalue weighted by Gasteiger charge is -2.24. The first kappa shape index (κ1) is 9.40. The average molecular weight is 196 g/mol. The Kier molecular flexibility index (Phi) is 3.70. The van der Waals surface area contributed by atoms with Gasteiger partial charge in [0.15, 0.2) is 0 Å². The standard InChI is InChI=1S/C6H16BrN2/c1-9(2,3)5-4-6(7)8/h6H,4-5,8H2,1-3H3/q+1. The van der Waals surface area contributed by atoms with E-state index in [9.17, 15) is 0 Å². The molecule has 0 bridgehead atoms. The molecule has 56 valence electrons. The van der Waals surface area contributed by atoms with Gasteiger partial charge in [-0.15, -0.1) is 0 Å². The van der Waals surface area contributed by atoms with Gasteiger partial charge in [0.05, 0.1) is 32.6 Å². The van der Waals surface area contributed by atoms with Gasteiger partial charge in [-0.05, 0) is 0 Å². The minimum absolute atomic E-state index is 0.162. The first-order chi connectivity index (χ1) is 3.92. The van der Waals surface area contributed by atoms with Crippen LogP contribution in [0.1, 0.15) is 6.42 Å². The molecule has 0 aromatic carbocycles. The second-order valence-corrected chi connectivity index (χ2v) is 4.49. The molecule has 0 radical (unpaired) electrons. The summed E-state index contributed by atoms with van der Waals surface area (Å²) >= 11 is 3.29. The van der Waals surface area contributed by atoms with Crippen LogP contribution in [0.2, 0.25) is 0 Å². The van der Waals surface area contributed by atoms with E-state index in [2.05, 4.69) is 37.1 Å². The Morgan fingerprint density at radius 3 is 2.00 bits per heavy atom. The summed E-state index contributed by atoms with van der Waals surface area (Å²) in [6.45, 7) is 1.12. The van der Waals surface area contributed by atoms with Crippen molar-refractivity contribution in [2.75, 3.05) is 27.7 Å². The number of halogens is 1. The van der Waals surface area contributed by atoms with Gasteiger partial charge in [-0.2, -0.15) is 0 Å². The SMILES string of the molecule is C[N+](C)(C)CCC(N)Br. The molecule has 0 aromatic rings. The summed E-state index contributed by atoms with van der Waals surface area (Å²) in [5.74, 6) is 0. The van der Waals surface area contributed by atoms with Crippen LogP contribution in [-0.2, 0) is 0 Å². The maximum atomic E-state index is 5.51. The van der Waals surface area contributed by atoms with Crippen LogP contribution in [-0.4, -0.2) is 37.1 Å². The molecule has 0 heterocycles. The third-order valence-electron chi connectivity index (χ3n) is 1.08. The van der Waals surface area contributed by atoms with Crippen molar-refractivity contribution >= 4 is 15.9 Å². The molecule has 0 aliphatic heterocycles. The van der Waals surface area contributed by atoms with Gasteiger partial charge in [-0.25, -0.2) is 0 Å². The number of nitrogens with zero attached hydrogens (tertiary/aromatic N) is 1. The van der Waals surface area contributed by atoms with Gasteiger partial charge in [0.2, 0.25) is 0 Å². The van der Waals surface area contributed by atoms with E-state index >= 15 is 0 Å². The highest BCUT2D eigenvalue weighted by molar-refractivity contribution is 9.09. The Morgan fingerprint density at radius 2 is 1.89 bits per heavy atom. The van der Waals surface area contributed by atoms with Crippen LogP contribution >= 0.6 is 15.9 Å². The predicted molar refractivity (Wildman–Crippen MR) is 44.4 cm³/mol. The van der Waals surface area contributed by atoms with Crippen molar-refractivity contribution in [3.05, 3.63) is 0 Å². The Hall–Kier alpha value is 0.400. The van der Waals surface area contributed by atoms with Crippen molar-refractivity contribution in [3.63, 3.8) is 0 Å². The lowest BCUT2D eigenvalue weighted by molar-refractivity contribution is -0.870. The van der Waals surface area contributed by atoms with E-state index in [-0.39, 0.29) is 4.95 Å². The topological polar surface area (TPSA) is 26.0 Å². The summed E-state index contributed by atoms with van der Waals surface area (Å²) in [5, 5.41) is 0. The van der Waals surface area contributed by atoms with E-state index in [1.54, 1.807) is 0 Å². The zero-order valence-corrected chi connectivity index (χ0v) is 7.98. The van der Waals surface area contributed by atoms with Crippen LogP contribution in [0.4, 0.5) is 0 Å². The molecule has 0 fully saturated rings. The zero-order chi connectivity index (χ0) is 7.49. The quantitative estimate of drug-likeness (QED) is 0.402. The third-order valence-corrected chi connectivity index (χ3v) is 1.53. The van der Waals surface area contributed by atoms with E-state index in [1.165, 1.54) is 0 Å². The maximum absolute atomic E-state index is 5.51. The summed E-state index contributed by atoms with van der Waals surface area (Å²) in [6.07, 6.45) is 1.03. The molecular formula is C6H16BrN2+. The summed E-state index contributed by atoms with van der Waals surface area (Å²) < 4.78 is 0.985. The maximum Gasteiger partial charge on any atom is 0.0803 e. The van der Waals surface area contributed by atoms with Crippen LogP contribution < -0.4 is 5.73 Å². The monoisotopic (exact) mass is 195 g/mol. The first-order valence-corrected chi connectivity index (χ1v) is 4.03. The molecule has 0 amide bonds. The van der Waals surface area contributed by atoms with Gasteiger partial charge in [-0.1, -0.05) is 15.9 Å². The van der Waals surface area contributed by atoms with Crippen molar-refractivity contribution in [2.24, 2.45) is 5.73 Å². The third kappa shape index (κ3) is 8.40. The molecule has 9 heavy (non-hydrogen) atoms. The number of alkyl halides is 1. The fourth-order valence-electron chi connectivity index (χ4n) is 0.511. The molecule has 0 aliphatic rings. The number of hydrogen-bond acceptors (Lipinski definition) is 1. The van der Waals surface area contributed by atoms with Crippen LogP contribution in [0.15, 0.2) is 0 Å². The predicted octanol–water partition coefficient (Wildman–Crippen LogP) is 0.762. The number of nitrogens with two attached hydrogens (primary N) is 1. The van der Waals surface area contributed by atoms with Gasteiger partial charge >= 0.3 is 0 Å². The smallest absolute Gasteiger partial charge is 0.0803 e. The molecule has 3 heteroatoms. The van der Waals surface area contributed by atoms with Crippen molar-refractivity contribution in [3.8, 4) is 0 Å². The first-order valence-electron chi connectivity index (χ1n) is 3.12. The molecule has 0 spiro atoms. The molecule has 0 aliphatic carbocycles. The summed E-state index contributed by atoms with van der Waals surface area (Å²) in [4.78, 5) is 0.162. The summed E-state index contributed by atoms with van der Waals surface area (Å²) in [7, 11) is 6.49. The second kappa shape index (κ2) is 3.54. The lowest BCUT2D eigenvalue weighted by Crippen LogP contribution is -2.37. The number of rotatable bonds is 3. The van der Waals surface area contributed by atoms with Crippen molar-refractivity contribution in [2.45, 2.75) is 11.4 Å². The zero-order valence-electron chi connectivity index (χ0n) is 6.39. The van der Waals surface area contributed by atoms with Crippen LogP contribution in [0.25, 0.3) is 0 Å². The van der Waals surface area contributed by atoms with Gasteiger partial charge in [0, 0.05) is 6.42 Å². The van der Waals surface area contributed by atoms with Gasteiger partial charge in [-0.3, -0.25) is 0 Å². The van der Waals surface area contributed by atoms with E-state index < -0.39 is 0 Å². The minimum Gasteiger partial charge on any atom is -0.331 e. The number of quaternary nitrogens is 1. The van der Waals surface area contributed by atoms with E-state index in [0.29, 0.717) is 0 Å². The Morgan fingerprint density at radius 1 is 1.44 bits per heavy atom. The molecule has 2 nitrogen and oxygen atoms in total. The highest BCUT2D eigenvalue weighted by Crippen LogP contribution is 2.00. The van der Waals surface area contributed by atoms with Crippen LogP contribution in [0.3, 0.4) is 0 Å².